The van der Waals surface area contributed by atoms with E-state index in [1.807, 2.05) is 31.1 Å². The Balaban J connectivity index is 2.61. The van der Waals surface area contributed by atoms with Gasteiger partial charge in [0.25, 0.3) is 5.91 Å². The second kappa shape index (κ2) is 7.63. The minimum absolute atomic E-state index is 0.000365. The maximum Gasteiger partial charge on any atom is 0.273 e. The number of thiazole rings is 1. The van der Waals surface area contributed by atoms with Crippen LogP contribution in [0.25, 0.3) is 0 Å². The number of hydrogen-bond acceptors (Lipinski definition) is 5. The Morgan fingerprint density at radius 3 is 2.94 bits per heavy atom. The zero-order valence-corrected chi connectivity index (χ0v) is 13.0. The van der Waals surface area contributed by atoms with Crippen molar-refractivity contribution in [2.24, 2.45) is 0 Å². The highest BCUT2D eigenvalue weighted by Crippen LogP contribution is 2.17. The normalized spacial score (nSPS) is 12.2. The van der Waals surface area contributed by atoms with Crippen LogP contribution in [0.2, 0.25) is 0 Å². The van der Waals surface area contributed by atoms with E-state index in [1.54, 1.807) is 4.90 Å². The quantitative estimate of drug-likeness (QED) is 0.837. The van der Waals surface area contributed by atoms with E-state index in [4.69, 9.17) is 0 Å². The van der Waals surface area contributed by atoms with Crippen molar-refractivity contribution in [3.63, 3.8) is 0 Å². The van der Waals surface area contributed by atoms with Gasteiger partial charge in [0.05, 0.1) is 0 Å². The molecule has 6 heteroatoms. The molecule has 0 aliphatic heterocycles. The lowest BCUT2D eigenvalue weighted by molar-refractivity contribution is 0.0752. The topological polar surface area (TPSA) is 45.2 Å². The van der Waals surface area contributed by atoms with Gasteiger partial charge < -0.3 is 10.2 Å². The van der Waals surface area contributed by atoms with Gasteiger partial charge in [-0.3, -0.25) is 4.79 Å². The van der Waals surface area contributed by atoms with E-state index in [9.17, 15) is 4.79 Å². The first kappa shape index (κ1) is 15.3. The fraction of sp³-hybridized carbons (Fsp3) is 0.667. The third-order valence-corrected chi connectivity index (χ3v) is 4.52. The zero-order chi connectivity index (χ0) is 13.5. The van der Waals surface area contributed by atoms with Crippen LogP contribution in [0.5, 0.6) is 0 Å². The summed E-state index contributed by atoms with van der Waals surface area (Å²) in [5.74, 6) is 2.04. The van der Waals surface area contributed by atoms with E-state index < -0.39 is 0 Å². The lowest BCUT2D eigenvalue weighted by atomic mass is 10.3. The largest absolute Gasteiger partial charge is 0.362 e. The summed E-state index contributed by atoms with van der Waals surface area (Å²) in [5, 5.41) is 5.74. The highest BCUT2D eigenvalue weighted by Gasteiger charge is 2.19. The molecule has 4 nitrogen and oxygen atoms in total. The molecule has 0 aliphatic carbocycles. The predicted molar refractivity (Wildman–Crippen MR) is 80.8 cm³/mol. The molecule has 0 bridgehead atoms. The number of carbonyl (C=O) groups is 1. The van der Waals surface area contributed by atoms with Crippen molar-refractivity contribution in [3.05, 3.63) is 11.1 Å². The summed E-state index contributed by atoms with van der Waals surface area (Å²) in [6, 6.07) is 0.228. The molecule has 1 aromatic heterocycles. The number of nitrogens with zero attached hydrogens (tertiary/aromatic N) is 2. The van der Waals surface area contributed by atoms with E-state index in [-0.39, 0.29) is 11.9 Å². The maximum atomic E-state index is 12.2. The molecule has 0 spiro atoms. The molecule has 1 aromatic rings. The number of anilines is 1. The zero-order valence-electron chi connectivity index (χ0n) is 11.4. The molecule has 1 amide bonds. The van der Waals surface area contributed by atoms with E-state index in [2.05, 4.69) is 24.1 Å². The Bertz CT molecular complexity index is 381. The van der Waals surface area contributed by atoms with E-state index in [0.29, 0.717) is 5.69 Å². The Morgan fingerprint density at radius 1 is 1.61 bits per heavy atom. The minimum atomic E-state index is -0.000365. The van der Waals surface area contributed by atoms with Crippen molar-refractivity contribution in [1.82, 2.24) is 9.88 Å². The molecule has 1 heterocycles. The first-order valence-electron chi connectivity index (χ1n) is 6.14. The molecule has 0 saturated carbocycles. The van der Waals surface area contributed by atoms with Gasteiger partial charge in [0, 0.05) is 30.8 Å². The molecule has 0 saturated heterocycles. The van der Waals surface area contributed by atoms with Crippen molar-refractivity contribution < 1.29 is 4.79 Å². The number of nitrogens with one attached hydrogen (secondary N) is 1. The van der Waals surface area contributed by atoms with Gasteiger partial charge in [0.2, 0.25) is 0 Å². The second-order valence-corrected chi connectivity index (χ2v) is 6.17. The molecule has 1 atom stereocenters. The van der Waals surface area contributed by atoms with Crippen LogP contribution in [0.1, 0.15) is 31.3 Å². The van der Waals surface area contributed by atoms with Crippen LogP contribution in [-0.4, -0.2) is 46.9 Å². The van der Waals surface area contributed by atoms with E-state index >= 15 is 0 Å². The van der Waals surface area contributed by atoms with Gasteiger partial charge in [-0.2, -0.15) is 11.8 Å². The summed E-state index contributed by atoms with van der Waals surface area (Å²) >= 11 is 3.32. The summed E-state index contributed by atoms with van der Waals surface area (Å²) in [6.45, 7) is 7.03. The molecule has 0 aliphatic rings. The fourth-order valence-corrected chi connectivity index (χ4v) is 2.94. The molecule has 0 unspecified atom stereocenters. The Kier molecular flexibility index (Phi) is 6.49. The lowest BCUT2D eigenvalue weighted by Crippen LogP contribution is -2.36. The first-order chi connectivity index (χ1) is 8.60. The second-order valence-electron chi connectivity index (χ2n) is 3.99. The summed E-state index contributed by atoms with van der Waals surface area (Å²) in [7, 11) is 1.84. The SMILES string of the molecule is CCNc1nc(C(=O)N(C)[C@H](C)CSCC)cs1. The number of carbonyl (C=O) groups excluding carboxylic acids is 1. The molecule has 18 heavy (non-hydrogen) atoms. The molecule has 0 fully saturated rings. The number of aromatic nitrogens is 1. The number of rotatable bonds is 7. The van der Waals surface area contributed by atoms with Gasteiger partial charge in [-0.1, -0.05) is 6.92 Å². The molecule has 1 N–H and O–H groups in total. The van der Waals surface area contributed by atoms with Crippen molar-refractivity contribution in [1.29, 1.82) is 0 Å². The van der Waals surface area contributed by atoms with Gasteiger partial charge in [-0.25, -0.2) is 4.98 Å². The van der Waals surface area contributed by atoms with Crippen molar-refractivity contribution in [3.8, 4) is 0 Å². The monoisotopic (exact) mass is 287 g/mol. The Labute approximate surface area is 117 Å². The minimum Gasteiger partial charge on any atom is -0.362 e. The molecule has 102 valence electrons. The third-order valence-electron chi connectivity index (χ3n) is 2.60. The molecule has 1 rings (SSSR count). The number of amides is 1. The van der Waals surface area contributed by atoms with Gasteiger partial charge in [0.15, 0.2) is 5.13 Å². The van der Waals surface area contributed by atoms with Crippen LogP contribution in [-0.2, 0) is 0 Å². The third kappa shape index (κ3) is 4.17. The van der Waals surface area contributed by atoms with Crippen LogP contribution in [0.3, 0.4) is 0 Å². The number of hydrogen-bond donors (Lipinski definition) is 1. The molecular formula is C12H21N3OS2. The molecular weight excluding hydrogens is 266 g/mol. The summed E-state index contributed by atoms with van der Waals surface area (Å²) in [6.07, 6.45) is 0. The molecule has 0 aromatic carbocycles. The summed E-state index contributed by atoms with van der Waals surface area (Å²) < 4.78 is 0. The fourth-order valence-electron chi connectivity index (χ4n) is 1.39. The highest BCUT2D eigenvalue weighted by molar-refractivity contribution is 7.99. The van der Waals surface area contributed by atoms with Gasteiger partial charge in [0.1, 0.15) is 5.69 Å². The van der Waals surface area contributed by atoms with E-state index in [0.717, 1.165) is 23.2 Å². The van der Waals surface area contributed by atoms with Crippen LogP contribution in [0.4, 0.5) is 5.13 Å². The Morgan fingerprint density at radius 2 is 2.33 bits per heavy atom. The smallest absolute Gasteiger partial charge is 0.273 e. The van der Waals surface area contributed by atoms with Crippen LogP contribution < -0.4 is 5.32 Å². The van der Waals surface area contributed by atoms with E-state index in [1.165, 1.54) is 11.3 Å². The van der Waals surface area contributed by atoms with Gasteiger partial charge in [-0.15, -0.1) is 11.3 Å². The van der Waals surface area contributed by atoms with Gasteiger partial charge in [-0.05, 0) is 19.6 Å². The summed E-state index contributed by atoms with van der Waals surface area (Å²) in [5.41, 5.74) is 0.534. The average molecular weight is 287 g/mol. The van der Waals surface area contributed by atoms with Crippen LogP contribution >= 0.6 is 23.1 Å². The maximum absolute atomic E-state index is 12.2. The van der Waals surface area contributed by atoms with Crippen molar-refractivity contribution in [2.75, 3.05) is 30.4 Å². The average Bonchev–Trinajstić information content (AvgIpc) is 2.83. The molecule has 0 radical (unpaired) electrons. The van der Waals surface area contributed by atoms with Crippen molar-refractivity contribution >= 4 is 34.1 Å². The first-order valence-corrected chi connectivity index (χ1v) is 8.17. The Hall–Kier alpha value is -0.750. The van der Waals surface area contributed by atoms with Crippen LogP contribution in [0.15, 0.2) is 5.38 Å². The standard InChI is InChI=1S/C12H21N3OS2/c1-5-13-12-14-10(8-18-12)11(16)15(4)9(3)7-17-6-2/h8-9H,5-7H2,1-4H3,(H,13,14)/t9-/m1/s1. The van der Waals surface area contributed by atoms with Crippen LogP contribution in [0, 0.1) is 0 Å². The summed E-state index contributed by atoms with van der Waals surface area (Å²) in [4.78, 5) is 18.3. The highest BCUT2D eigenvalue weighted by atomic mass is 32.2. The van der Waals surface area contributed by atoms with Gasteiger partial charge >= 0.3 is 0 Å². The van der Waals surface area contributed by atoms with Crippen molar-refractivity contribution in [2.45, 2.75) is 26.8 Å². The lowest BCUT2D eigenvalue weighted by Gasteiger charge is -2.23. The predicted octanol–water partition coefficient (Wildman–Crippen LogP) is 2.79. The number of thioether (sulfide) groups is 1.